The number of carbonyl (C=O) groups is 1. The van der Waals surface area contributed by atoms with Crippen LogP contribution in [0.1, 0.15) is 41.3 Å². The number of amides is 1. The normalized spacial score (nSPS) is 18.7. The third kappa shape index (κ3) is 3.02. The molecule has 2 aliphatic heterocycles. The molecule has 2 aliphatic rings. The minimum Gasteiger partial charge on any atom is -0.373 e. The summed E-state index contributed by atoms with van der Waals surface area (Å²) in [4.78, 5) is 16.7. The molecule has 1 fully saturated rings. The van der Waals surface area contributed by atoms with E-state index in [0.717, 1.165) is 29.8 Å². The Morgan fingerprint density at radius 1 is 1.11 bits per heavy atom. The van der Waals surface area contributed by atoms with E-state index < -0.39 is 0 Å². The van der Waals surface area contributed by atoms with Crippen LogP contribution in [0.2, 0.25) is 0 Å². The molecular weight excluding hydrogens is 334 g/mol. The van der Waals surface area contributed by atoms with Gasteiger partial charge in [-0.1, -0.05) is 31.2 Å². The van der Waals surface area contributed by atoms with Gasteiger partial charge in [0.25, 0.3) is 0 Å². The van der Waals surface area contributed by atoms with Crippen LogP contribution in [0.25, 0.3) is 11.1 Å². The number of rotatable bonds is 3. The van der Waals surface area contributed by atoms with E-state index in [4.69, 9.17) is 5.73 Å². The second kappa shape index (κ2) is 6.68. The number of nitrogens with two attached hydrogens (primary N) is 1. The Kier molecular flexibility index (Phi) is 4.47. The number of hydrogen-bond acceptors (Lipinski definition) is 3. The quantitative estimate of drug-likeness (QED) is 0.907. The molecule has 0 bridgehead atoms. The van der Waals surface area contributed by atoms with Crippen molar-refractivity contribution in [2.75, 3.05) is 38.1 Å². The van der Waals surface area contributed by atoms with Crippen molar-refractivity contribution in [1.82, 2.24) is 4.90 Å². The molecule has 4 rings (SSSR count). The lowest BCUT2D eigenvalue weighted by Gasteiger charge is -2.39. The molecular formula is C23H29N3O. The lowest BCUT2D eigenvalue weighted by atomic mass is 9.74. The van der Waals surface area contributed by atoms with Gasteiger partial charge in [-0.15, -0.1) is 0 Å². The predicted molar refractivity (Wildman–Crippen MR) is 111 cm³/mol. The van der Waals surface area contributed by atoms with Gasteiger partial charge in [-0.3, -0.25) is 4.79 Å². The molecule has 1 saturated heterocycles. The van der Waals surface area contributed by atoms with Gasteiger partial charge in [-0.25, -0.2) is 0 Å². The van der Waals surface area contributed by atoms with E-state index in [1.54, 1.807) is 0 Å². The van der Waals surface area contributed by atoms with Crippen molar-refractivity contribution in [3.8, 4) is 11.1 Å². The first kappa shape index (κ1) is 18.1. The largest absolute Gasteiger partial charge is 0.373 e. The molecule has 1 amide bonds. The fourth-order valence-electron chi connectivity index (χ4n) is 4.89. The molecule has 142 valence electrons. The summed E-state index contributed by atoms with van der Waals surface area (Å²) in [7, 11) is 2.20. The SMILES string of the molecule is CCN1CCC2(CC1)CN(C)c1cc(-c3ccc(C)c(C(N)=O)c3)ccc12. The summed E-state index contributed by atoms with van der Waals surface area (Å²) in [5.74, 6) is -0.366. The van der Waals surface area contributed by atoms with Crippen LogP contribution in [-0.2, 0) is 5.41 Å². The first-order valence-corrected chi connectivity index (χ1v) is 9.92. The maximum absolute atomic E-state index is 11.7. The van der Waals surface area contributed by atoms with Crippen molar-refractivity contribution < 1.29 is 4.79 Å². The molecule has 2 N–H and O–H groups in total. The Bertz CT molecular complexity index is 881. The minimum absolute atomic E-state index is 0.292. The highest BCUT2D eigenvalue weighted by Gasteiger charge is 2.43. The molecule has 0 aliphatic carbocycles. The van der Waals surface area contributed by atoms with Gasteiger partial charge in [-0.05, 0) is 73.8 Å². The number of piperidine rings is 1. The minimum atomic E-state index is -0.366. The van der Waals surface area contributed by atoms with E-state index in [9.17, 15) is 4.79 Å². The van der Waals surface area contributed by atoms with Crippen LogP contribution in [0.3, 0.4) is 0 Å². The molecule has 2 aromatic rings. The van der Waals surface area contributed by atoms with Crippen LogP contribution in [0.4, 0.5) is 5.69 Å². The Morgan fingerprint density at radius 3 is 2.44 bits per heavy atom. The van der Waals surface area contributed by atoms with Gasteiger partial charge >= 0.3 is 0 Å². The third-order valence-electron chi connectivity index (χ3n) is 6.62. The topological polar surface area (TPSA) is 49.6 Å². The van der Waals surface area contributed by atoms with Crippen molar-refractivity contribution in [3.05, 3.63) is 53.1 Å². The number of carbonyl (C=O) groups excluding carboxylic acids is 1. The lowest BCUT2D eigenvalue weighted by Crippen LogP contribution is -2.44. The van der Waals surface area contributed by atoms with Crippen LogP contribution >= 0.6 is 0 Å². The van der Waals surface area contributed by atoms with Gasteiger partial charge in [0.15, 0.2) is 0 Å². The lowest BCUT2D eigenvalue weighted by molar-refractivity contribution is 0.0999. The molecule has 1 spiro atoms. The van der Waals surface area contributed by atoms with E-state index in [2.05, 4.69) is 48.0 Å². The Labute approximate surface area is 162 Å². The highest BCUT2D eigenvalue weighted by molar-refractivity contribution is 5.95. The summed E-state index contributed by atoms with van der Waals surface area (Å²) in [6, 6.07) is 12.8. The zero-order chi connectivity index (χ0) is 19.2. The van der Waals surface area contributed by atoms with Crippen LogP contribution in [0.5, 0.6) is 0 Å². The standard InChI is InChI=1S/C23H29N3O/c1-4-26-11-9-23(10-12-26)15-25(3)21-14-18(7-8-20(21)23)17-6-5-16(2)19(13-17)22(24)27/h5-8,13-14H,4,9-12,15H2,1-3H3,(H2,24,27). The van der Waals surface area contributed by atoms with Crippen LogP contribution < -0.4 is 10.6 Å². The number of likely N-dealkylation sites (N-methyl/N-ethyl adjacent to an activating group) is 1. The number of primary amides is 1. The average Bonchev–Trinajstić information content (AvgIpc) is 2.94. The van der Waals surface area contributed by atoms with Gasteiger partial charge in [0.1, 0.15) is 0 Å². The van der Waals surface area contributed by atoms with Crippen LogP contribution in [0, 0.1) is 6.92 Å². The van der Waals surface area contributed by atoms with Crippen LogP contribution in [0.15, 0.2) is 36.4 Å². The van der Waals surface area contributed by atoms with Gasteiger partial charge in [-0.2, -0.15) is 0 Å². The summed E-state index contributed by atoms with van der Waals surface area (Å²) in [5, 5.41) is 0. The van der Waals surface area contributed by atoms with E-state index in [0.29, 0.717) is 11.0 Å². The highest BCUT2D eigenvalue weighted by atomic mass is 16.1. The van der Waals surface area contributed by atoms with Gasteiger partial charge in [0.05, 0.1) is 0 Å². The fourth-order valence-corrected chi connectivity index (χ4v) is 4.89. The van der Waals surface area contributed by atoms with Crippen LogP contribution in [-0.4, -0.2) is 44.0 Å². The summed E-state index contributed by atoms with van der Waals surface area (Å²) in [6.45, 7) is 8.79. The molecule has 2 heterocycles. The highest BCUT2D eigenvalue weighted by Crippen LogP contribution is 2.47. The summed E-state index contributed by atoms with van der Waals surface area (Å²) in [5.41, 5.74) is 12.4. The molecule has 2 aromatic carbocycles. The molecule has 0 atom stereocenters. The Morgan fingerprint density at radius 2 is 1.78 bits per heavy atom. The first-order chi connectivity index (χ1) is 12.9. The number of anilines is 1. The number of benzene rings is 2. The van der Waals surface area contributed by atoms with E-state index in [1.165, 1.54) is 37.2 Å². The van der Waals surface area contributed by atoms with Crippen molar-refractivity contribution in [1.29, 1.82) is 0 Å². The van der Waals surface area contributed by atoms with E-state index in [-0.39, 0.29) is 5.91 Å². The summed E-state index contributed by atoms with van der Waals surface area (Å²) < 4.78 is 0. The molecule has 27 heavy (non-hydrogen) atoms. The maximum Gasteiger partial charge on any atom is 0.248 e. The smallest absolute Gasteiger partial charge is 0.248 e. The number of hydrogen-bond donors (Lipinski definition) is 1. The van der Waals surface area contributed by atoms with Crippen molar-refractivity contribution in [2.24, 2.45) is 5.73 Å². The predicted octanol–water partition coefficient (Wildman–Crippen LogP) is 3.56. The molecule has 0 aromatic heterocycles. The summed E-state index contributed by atoms with van der Waals surface area (Å²) in [6.07, 6.45) is 2.46. The van der Waals surface area contributed by atoms with Crippen molar-refractivity contribution in [3.63, 3.8) is 0 Å². The molecule has 0 radical (unpaired) electrons. The zero-order valence-corrected chi connectivity index (χ0v) is 16.6. The van der Waals surface area contributed by atoms with Gasteiger partial charge in [0, 0.05) is 30.3 Å². The number of fused-ring (bicyclic) bond motifs is 2. The van der Waals surface area contributed by atoms with Crippen molar-refractivity contribution >= 4 is 11.6 Å². The monoisotopic (exact) mass is 363 g/mol. The van der Waals surface area contributed by atoms with Gasteiger partial charge < -0.3 is 15.5 Å². The molecule has 0 saturated carbocycles. The second-order valence-corrected chi connectivity index (χ2v) is 8.20. The van der Waals surface area contributed by atoms with Gasteiger partial charge in [0.2, 0.25) is 5.91 Å². The Balaban J connectivity index is 1.70. The number of aryl methyl sites for hydroxylation is 1. The Hall–Kier alpha value is -2.33. The molecule has 0 unspecified atom stereocenters. The maximum atomic E-state index is 11.7. The number of nitrogens with zero attached hydrogens (tertiary/aromatic N) is 2. The third-order valence-corrected chi connectivity index (χ3v) is 6.62. The number of likely N-dealkylation sites (tertiary alicyclic amines) is 1. The average molecular weight is 364 g/mol. The van der Waals surface area contributed by atoms with Crippen molar-refractivity contribution in [2.45, 2.75) is 32.1 Å². The molecule has 4 nitrogen and oxygen atoms in total. The van der Waals surface area contributed by atoms with E-state index >= 15 is 0 Å². The summed E-state index contributed by atoms with van der Waals surface area (Å²) >= 11 is 0. The van der Waals surface area contributed by atoms with E-state index in [1.807, 2.05) is 19.1 Å². The zero-order valence-electron chi connectivity index (χ0n) is 16.6. The second-order valence-electron chi connectivity index (χ2n) is 8.20. The molecule has 4 heteroatoms. The fraction of sp³-hybridized carbons (Fsp3) is 0.435. The first-order valence-electron chi connectivity index (χ1n) is 9.92.